The highest BCUT2D eigenvalue weighted by Gasteiger charge is 2.22. The first kappa shape index (κ1) is 25.7. The van der Waals surface area contributed by atoms with E-state index < -0.39 is 0 Å². The molecule has 7 heteroatoms. The van der Waals surface area contributed by atoms with Gasteiger partial charge in [-0.2, -0.15) is 11.8 Å². The summed E-state index contributed by atoms with van der Waals surface area (Å²) in [5, 5.41) is 7.91. The third kappa shape index (κ3) is 8.93. The van der Waals surface area contributed by atoms with E-state index >= 15 is 0 Å². The van der Waals surface area contributed by atoms with Gasteiger partial charge in [0.25, 0.3) is 0 Å². The predicted octanol–water partition coefficient (Wildman–Crippen LogP) is 4.73. The Labute approximate surface area is 203 Å². The van der Waals surface area contributed by atoms with Gasteiger partial charge >= 0.3 is 0 Å². The standard InChI is InChI=1S/C23H37N3O2S.HI/c1-3-29-22-9-5-8-20(15-22)26-23(24-2)25-16-18-6-4-7-19(14-18)17-28-21-10-12-27-13-11-21;/h4,6-7,14,20-22H,3,5,8-13,15-17H2,1-2H3,(H2,24,25,26);1H. The Morgan fingerprint density at radius 3 is 2.77 bits per heavy atom. The minimum atomic E-state index is 0. The Hall–Kier alpha value is -0.510. The number of benzene rings is 1. The number of hydrogen-bond donors (Lipinski definition) is 2. The smallest absolute Gasteiger partial charge is 0.191 e. The van der Waals surface area contributed by atoms with Crippen molar-refractivity contribution in [2.45, 2.75) is 76.0 Å². The first-order valence-corrected chi connectivity index (χ1v) is 12.2. The SMILES string of the molecule is CCSC1CCCC(NC(=NC)NCc2cccc(COC3CCOCC3)c2)C1.I. The van der Waals surface area contributed by atoms with Gasteiger partial charge in [0.15, 0.2) is 5.96 Å². The fraction of sp³-hybridized carbons (Fsp3) is 0.696. The summed E-state index contributed by atoms with van der Waals surface area (Å²) in [6, 6.07) is 9.17. The van der Waals surface area contributed by atoms with Crippen LogP contribution in [0.15, 0.2) is 29.3 Å². The van der Waals surface area contributed by atoms with Crippen LogP contribution in [0.4, 0.5) is 0 Å². The normalized spacial score (nSPS) is 22.9. The highest BCUT2D eigenvalue weighted by atomic mass is 127. The maximum Gasteiger partial charge on any atom is 0.191 e. The number of nitrogens with one attached hydrogen (secondary N) is 2. The average molecular weight is 548 g/mol. The van der Waals surface area contributed by atoms with Crippen molar-refractivity contribution in [3.05, 3.63) is 35.4 Å². The molecule has 1 aromatic rings. The summed E-state index contributed by atoms with van der Waals surface area (Å²) >= 11 is 2.10. The molecular formula is C23H38IN3O2S. The number of thioether (sulfide) groups is 1. The molecule has 1 saturated carbocycles. The van der Waals surface area contributed by atoms with Crippen LogP contribution in [0.3, 0.4) is 0 Å². The number of nitrogens with zero attached hydrogens (tertiary/aromatic N) is 1. The predicted molar refractivity (Wildman–Crippen MR) is 138 cm³/mol. The molecule has 0 radical (unpaired) electrons. The van der Waals surface area contributed by atoms with Gasteiger partial charge in [0.2, 0.25) is 0 Å². The van der Waals surface area contributed by atoms with Gasteiger partial charge in [0.05, 0.1) is 12.7 Å². The molecule has 3 rings (SSSR count). The van der Waals surface area contributed by atoms with E-state index in [-0.39, 0.29) is 24.0 Å². The molecule has 0 spiro atoms. The van der Waals surface area contributed by atoms with Crippen molar-refractivity contribution in [1.82, 2.24) is 10.6 Å². The minimum Gasteiger partial charge on any atom is -0.381 e. The van der Waals surface area contributed by atoms with Crippen molar-refractivity contribution < 1.29 is 9.47 Å². The Kier molecular flexibility index (Phi) is 12.5. The fourth-order valence-corrected chi connectivity index (χ4v) is 5.30. The van der Waals surface area contributed by atoms with Crippen LogP contribution in [-0.2, 0) is 22.6 Å². The molecule has 2 aliphatic rings. The van der Waals surface area contributed by atoms with Crippen molar-refractivity contribution in [3.63, 3.8) is 0 Å². The molecule has 30 heavy (non-hydrogen) atoms. The quantitative estimate of drug-likeness (QED) is 0.280. The van der Waals surface area contributed by atoms with Crippen LogP contribution in [0.2, 0.25) is 0 Å². The van der Waals surface area contributed by atoms with Crippen molar-refractivity contribution in [3.8, 4) is 0 Å². The third-order valence-electron chi connectivity index (χ3n) is 5.70. The van der Waals surface area contributed by atoms with E-state index in [2.05, 4.69) is 58.6 Å². The Morgan fingerprint density at radius 1 is 1.20 bits per heavy atom. The zero-order chi connectivity index (χ0) is 20.3. The van der Waals surface area contributed by atoms with Crippen molar-refractivity contribution >= 4 is 41.7 Å². The van der Waals surface area contributed by atoms with Crippen LogP contribution >= 0.6 is 35.7 Å². The summed E-state index contributed by atoms with van der Waals surface area (Å²) in [5.41, 5.74) is 2.48. The molecule has 2 atom stereocenters. The lowest BCUT2D eigenvalue weighted by Gasteiger charge is -2.30. The summed E-state index contributed by atoms with van der Waals surface area (Å²) < 4.78 is 11.5. The van der Waals surface area contributed by atoms with Gasteiger partial charge in [-0.15, -0.1) is 24.0 Å². The summed E-state index contributed by atoms with van der Waals surface area (Å²) in [6.07, 6.45) is 7.47. The van der Waals surface area contributed by atoms with Crippen LogP contribution in [-0.4, -0.2) is 49.4 Å². The lowest BCUT2D eigenvalue weighted by atomic mass is 9.95. The highest BCUT2D eigenvalue weighted by Crippen LogP contribution is 2.28. The van der Waals surface area contributed by atoms with Gasteiger partial charge in [0.1, 0.15) is 0 Å². The second-order valence-electron chi connectivity index (χ2n) is 7.95. The minimum absolute atomic E-state index is 0. The van der Waals surface area contributed by atoms with Crippen LogP contribution in [0, 0.1) is 0 Å². The zero-order valence-corrected chi connectivity index (χ0v) is 21.5. The van der Waals surface area contributed by atoms with Gasteiger partial charge in [-0.1, -0.05) is 37.6 Å². The second-order valence-corrected chi connectivity index (χ2v) is 9.53. The maximum absolute atomic E-state index is 6.06. The molecule has 1 aromatic carbocycles. The molecule has 0 amide bonds. The molecule has 2 N–H and O–H groups in total. The van der Waals surface area contributed by atoms with Gasteiger partial charge in [-0.05, 0) is 49.0 Å². The van der Waals surface area contributed by atoms with Crippen LogP contribution in [0.5, 0.6) is 0 Å². The third-order valence-corrected chi connectivity index (χ3v) is 6.93. The van der Waals surface area contributed by atoms with Crippen molar-refractivity contribution in [1.29, 1.82) is 0 Å². The lowest BCUT2D eigenvalue weighted by molar-refractivity contribution is -0.0390. The van der Waals surface area contributed by atoms with E-state index in [1.54, 1.807) is 0 Å². The summed E-state index contributed by atoms with van der Waals surface area (Å²) in [7, 11) is 1.86. The number of hydrogen-bond acceptors (Lipinski definition) is 4. The van der Waals surface area contributed by atoms with E-state index in [9.17, 15) is 0 Å². The largest absolute Gasteiger partial charge is 0.381 e. The zero-order valence-electron chi connectivity index (χ0n) is 18.4. The number of halogens is 1. The molecular weight excluding hydrogens is 509 g/mol. The monoisotopic (exact) mass is 547 g/mol. The van der Waals surface area contributed by atoms with Crippen molar-refractivity contribution in [2.75, 3.05) is 26.0 Å². The van der Waals surface area contributed by atoms with Crippen LogP contribution < -0.4 is 10.6 Å². The molecule has 1 aliphatic heterocycles. The highest BCUT2D eigenvalue weighted by molar-refractivity contribution is 14.0. The molecule has 170 valence electrons. The Balaban J connectivity index is 0.00000320. The number of aliphatic imine (C=N–C) groups is 1. The van der Waals surface area contributed by atoms with Crippen molar-refractivity contribution in [2.24, 2.45) is 4.99 Å². The van der Waals surface area contributed by atoms with E-state index in [0.29, 0.717) is 18.8 Å². The molecule has 1 saturated heterocycles. The Bertz CT molecular complexity index is 639. The summed E-state index contributed by atoms with van der Waals surface area (Å²) in [6.45, 7) is 5.33. The molecule has 2 unspecified atom stereocenters. The van der Waals surface area contributed by atoms with E-state index in [0.717, 1.165) is 43.8 Å². The van der Waals surface area contributed by atoms with E-state index in [1.807, 2.05) is 7.05 Å². The van der Waals surface area contributed by atoms with E-state index in [1.165, 1.54) is 42.6 Å². The summed E-state index contributed by atoms with van der Waals surface area (Å²) in [4.78, 5) is 4.44. The van der Waals surface area contributed by atoms with Gasteiger partial charge in [0, 0.05) is 38.1 Å². The first-order chi connectivity index (χ1) is 14.3. The molecule has 5 nitrogen and oxygen atoms in total. The molecule has 1 heterocycles. The second kappa shape index (κ2) is 14.5. The number of rotatable bonds is 8. The van der Waals surface area contributed by atoms with Crippen LogP contribution in [0.1, 0.15) is 56.6 Å². The Morgan fingerprint density at radius 2 is 2.00 bits per heavy atom. The van der Waals surface area contributed by atoms with Crippen LogP contribution in [0.25, 0.3) is 0 Å². The molecule has 0 bridgehead atoms. The fourth-order valence-electron chi connectivity index (χ4n) is 4.12. The molecule has 2 fully saturated rings. The molecule has 1 aliphatic carbocycles. The lowest BCUT2D eigenvalue weighted by Crippen LogP contribution is -2.45. The summed E-state index contributed by atoms with van der Waals surface area (Å²) in [5.74, 6) is 2.11. The number of ether oxygens (including phenoxy) is 2. The topological polar surface area (TPSA) is 54.9 Å². The van der Waals surface area contributed by atoms with E-state index in [4.69, 9.17) is 9.47 Å². The molecule has 0 aromatic heterocycles. The van der Waals surface area contributed by atoms with Gasteiger partial charge < -0.3 is 20.1 Å². The average Bonchev–Trinajstić information content (AvgIpc) is 2.77. The first-order valence-electron chi connectivity index (χ1n) is 11.1. The van der Waals surface area contributed by atoms with Gasteiger partial charge in [-0.25, -0.2) is 0 Å². The van der Waals surface area contributed by atoms with Gasteiger partial charge in [-0.3, -0.25) is 4.99 Å². The maximum atomic E-state index is 6.06. The number of guanidine groups is 1.